The number of fused-ring (bicyclic) bond motifs is 2. The molecule has 2 aliphatic rings. The van der Waals surface area contributed by atoms with Crippen molar-refractivity contribution in [3.63, 3.8) is 0 Å². The minimum absolute atomic E-state index is 0.268. The number of ether oxygens (including phenoxy) is 4. The van der Waals surface area contributed by atoms with Crippen LogP contribution in [0.1, 0.15) is 16.7 Å². The van der Waals surface area contributed by atoms with Gasteiger partial charge in [-0.05, 0) is 47.4 Å². The van der Waals surface area contributed by atoms with Crippen molar-refractivity contribution in [3.8, 4) is 23.0 Å². The monoisotopic (exact) mass is 304 g/mol. The third-order valence-corrected chi connectivity index (χ3v) is 3.96. The third-order valence-electron chi connectivity index (χ3n) is 3.67. The van der Waals surface area contributed by atoms with Crippen LogP contribution < -0.4 is 18.9 Å². The average molecular weight is 305 g/mol. The van der Waals surface area contributed by atoms with E-state index < -0.39 is 0 Å². The molecule has 0 saturated carbocycles. The van der Waals surface area contributed by atoms with Crippen molar-refractivity contribution in [1.29, 1.82) is 0 Å². The molecule has 4 rings (SSSR count). The van der Waals surface area contributed by atoms with Crippen LogP contribution in [0, 0.1) is 0 Å². The maximum Gasteiger partial charge on any atom is 0.231 e. The van der Waals surface area contributed by atoms with Gasteiger partial charge in [-0.15, -0.1) is 11.6 Å². The summed E-state index contributed by atoms with van der Waals surface area (Å²) in [6, 6.07) is 9.94. The second-order valence-electron chi connectivity index (χ2n) is 4.97. The van der Waals surface area contributed by atoms with Crippen molar-refractivity contribution in [3.05, 3.63) is 47.0 Å². The molecule has 0 aromatic heterocycles. The summed E-state index contributed by atoms with van der Waals surface area (Å²) in [5.41, 5.74) is 3.33. The van der Waals surface area contributed by atoms with Crippen LogP contribution in [0.15, 0.2) is 30.3 Å². The van der Waals surface area contributed by atoms with E-state index in [2.05, 4.69) is 0 Å². The van der Waals surface area contributed by atoms with Gasteiger partial charge in [0.25, 0.3) is 0 Å². The summed E-state index contributed by atoms with van der Waals surface area (Å²) < 4.78 is 21.6. The van der Waals surface area contributed by atoms with Crippen molar-refractivity contribution in [1.82, 2.24) is 0 Å². The van der Waals surface area contributed by atoms with Gasteiger partial charge in [0.15, 0.2) is 23.0 Å². The van der Waals surface area contributed by atoms with Gasteiger partial charge in [0.05, 0.1) is 0 Å². The predicted molar refractivity (Wildman–Crippen MR) is 77.5 cm³/mol. The SMILES string of the molecule is ClCc1cc2c(cc1Cc1ccc3c(c1)OCO3)OCO2. The molecule has 2 aromatic carbocycles. The van der Waals surface area contributed by atoms with E-state index in [1.807, 2.05) is 30.3 Å². The molecule has 0 aliphatic carbocycles. The van der Waals surface area contributed by atoms with Gasteiger partial charge in [-0.1, -0.05) is 6.07 Å². The van der Waals surface area contributed by atoms with Gasteiger partial charge in [-0.2, -0.15) is 0 Å². The molecule has 0 spiro atoms. The van der Waals surface area contributed by atoms with Gasteiger partial charge < -0.3 is 18.9 Å². The molecule has 0 radical (unpaired) electrons. The van der Waals surface area contributed by atoms with E-state index in [0.29, 0.717) is 5.88 Å². The second-order valence-corrected chi connectivity index (χ2v) is 5.24. The van der Waals surface area contributed by atoms with E-state index in [9.17, 15) is 0 Å². The van der Waals surface area contributed by atoms with Crippen molar-refractivity contribution in [2.24, 2.45) is 0 Å². The Morgan fingerprint density at radius 3 is 2.10 bits per heavy atom. The first-order chi connectivity index (χ1) is 10.3. The Balaban J connectivity index is 1.67. The maximum absolute atomic E-state index is 6.05. The molecule has 21 heavy (non-hydrogen) atoms. The molecular weight excluding hydrogens is 292 g/mol. The van der Waals surface area contributed by atoms with Crippen LogP contribution in [0.4, 0.5) is 0 Å². The Hall–Kier alpha value is -2.07. The van der Waals surface area contributed by atoms with Crippen LogP contribution in [-0.2, 0) is 12.3 Å². The molecule has 0 fully saturated rings. The summed E-state index contributed by atoms with van der Waals surface area (Å²) in [6.07, 6.45) is 0.759. The maximum atomic E-state index is 6.05. The lowest BCUT2D eigenvalue weighted by molar-refractivity contribution is 0.173. The predicted octanol–water partition coefficient (Wildman–Crippen LogP) is 3.47. The number of halogens is 1. The van der Waals surface area contributed by atoms with E-state index >= 15 is 0 Å². The first-order valence-electron chi connectivity index (χ1n) is 6.69. The molecular formula is C16H13ClO4. The van der Waals surface area contributed by atoms with Crippen molar-refractivity contribution >= 4 is 11.6 Å². The Morgan fingerprint density at radius 2 is 1.38 bits per heavy atom. The van der Waals surface area contributed by atoms with E-state index in [1.165, 1.54) is 0 Å². The van der Waals surface area contributed by atoms with Crippen LogP contribution >= 0.6 is 11.6 Å². The van der Waals surface area contributed by atoms with Gasteiger partial charge in [-0.25, -0.2) is 0 Å². The number of hydrogen-bond donors (Lipinski definition) is 0. The van der Waals surface area contributed by atoms with E-state index in [-0.39, 0.29) is 13.6 Å². The van der Waals surface area contributed by atoms with Gasteiger partial charge in [-0.3, -0.25) is 0 Å². The lowest BCUT2D eigenvalue weighted by Gasteiger charge is -2.09. The number of benzene rings is 2. The Bertz CT molecular complexity index is 699. The highest BCUT2D eigenvalue weighted by Crippen LogP contribution is 2.37. The molecule has 0 N–H and O–H groups in total. The topological polar surface area (TPSA) is 36.9 Å². The van der Waals surface area contributed by atoms with Crippen LogP contribution in [0.3, 0.4) is 0 Å². The zero-order chi connectivity index (χ0) is 14.2. The molecule has 0 amide bonds. The number of rotatable bonds is 3. The highest BCUT2D eigenvalue weighted by Gasteiger charge is 2.18. The summed E-state index contributed by atoms with van der Waals surface area (Å²) >= 11 is 6.05. The molecule has 4 nitrogen and oxygen atoms in total. The van der Waals surface area contributed by atoms with E-state index in [4.69, 9.17) is 30.5 Å². The fraction of sp³-hybridized carbons (Fsp3) is 0.250. The Morgan fingerprint density at radius 1 is 0.762 bits per heavy atom. The second kappa shape index (κ2) is 5.04. The van der Waals surface area contributed by atoms with Crippen molar-refractivity contribution in [2.75, 3.05) is 13.6 Å². The minimum Gasteiger partial charge on any atom is -0.454 e. The molecule has 0 bridgehead atoms. The lowest BCUT2D eigenvalue weighted by Crippen LogP contribution is -1.95. The minimum atomic E-state index is 0.268. The summed E-state index contributed by atoms with van der Waals surface area (Å²) in [7, 11) is 0. The fourth-order valence-corrected chi connectivity index (χ4v) is 2.83. The lowest BCUT2D eigenvalue weighted by atomic mass is 9.99. The average Bonchev–Trinajstić information content (AvgIpc) is 3.13. The van der Waals surface area contributed by atoms with Crippen LogP contribution in [0.25, 0.3) is 0 Å². The summed E-state index contributed by atoms with van der Waals surface area (Å²) in [5.74, 6) is 3.57. The van der Waals surface area contributed by atoms with E-state index in [0.717, 1.165) is 46.1 Å². The molecule has 2 aromatic rings. The van der Waals surface area contributed by atoms with Crippen LogP contribution in [0.2, 0.25) is 0 Å². The fourth-order valence-electron chi connectivity index (χ4n) is 2.59. The molecule has 2 aliphatic heterocycles. The van der Waals surface area contributed by atoms with Crippen LogP contribution in [-0.4, -0.2) is 13.6 Å². The van der Waals surface area contributed by atoms with Gasteiger partial charge >= 0.3 is 0 Å². The highest BCUT2D eigenvalue weighted by molar-refractivity contribution is 6.17. The van der Waals surface area contributed by atoms with Gasteiger partial charge in [0, 0.05) is 5.88 Å². The zero-order valence-electron chi connectivity index (χ0n) is 11.2. The standard InChI is InChI=1S/C16H13ClO4/c17-7-12-6-16-15(20-9-21-16)5-11(12)3-10-1-2-13-14(4-10)19-8-18-13/h1-2,4-6H,3,7-9H2. The largest absolute Gasteiger partial charge is 0.454 e. The quantitative estimate of drug-likeness (QED) is 0.814. The van der Waals surface area contributed by atoms with E-state index in [1.54, 1.807) is 0 Å². The summed E-state index contributed by atoms with van der Waals surface area (Å²) in [5, 5.41) is 0. The Labute approximate surface area is 127 Å². The van der Waals surface area contributed by atoms with Gasteiger partial charge in [0.1, 0.15) is 0 Å². The first-order valence-corrected chi connectivity index (χ1v) is 7.23. The third kappa shape index (κ3) is 2.25. The van der Waals surface area contributed by atoms with Crippen molar-refractivity contribution in [2.45, 2.75) is 12.3 Å². The van der Waals surface area contributed by atoms with Gasteiger partial charge in [0.2, 0.25) is 13.6 Å². The normalized spacial score (nSPS) is 14.5. The number of alkyl halides is 1. The smallest absolute Gasteiger partial charge is 0.231 e. The molecule has 108 valence electrons. The molecule has 0 atom stereocenters. The summed E-state index contributed by atoms with van der Waals surface area (Å²) in [6.45, 7) is 0.556. The first kappa shape index (κ1) is 12.7. The van der Waals surface area contributed by atoms with Crippen LogP contribution in [0.5, 0.6) is 23.0 Å². The number of hydrogen-bond acceptors (Lipinski definition) is 4. The molecule has 0 saturated heterocycles. The summed E-state index contributed by atoms with van der Waals surface area (Å²) in [4.78, 5) is 0. The molecule has 5 heteroatoms. The highest BCUT2D eigenvalue weighted by atomic mass is 35.5. The Kier molecular flexibility index (Phi) is 3.04. The van der Waals surface area contributed by atoms with Crippen molar-refractivity contribution < 1.29 is 18.9 Å². The zero-order valence-corrected chi connectivity index (χ0v) is 12.0. The molecule has 0 unspecified atom stereocenters. The molecule has 2 heterocycles.